The number of nitrogens with one attached hydrogen (secondary N) is 2. The summed E-state index contributed by atoms with van der Waals surface area (Å²) in [5.41, 5.74) is -0.164. The molecule has 5 rings (SSSR count). The molecule has 2 saturated heterocycles. The highest BCUT2D eigenvalue weighted by Crippen LogP contribution is 2.34. The summed E-state index contributed by atoms with van der Waals surface area (Å²) in [5, 5.41) is 10.0. The fourth-order valence-electron chi connectivity index (χ4n) is 4.64. The van der Waals surface area contributed by atoms with E-state index in [0.717, 1.165) is 18.2 Å². The van der Waals surface area contributed by atoms with E-state index in [0.29, 0.717) is 63.1 Å². The molecule has 1 aromatic carbocycles. The molecule has 2 N–H and O–H groups in total. The van der Waals surface area contributed by atoms with Crippen molar-refractivity contribution in [3.8, 4) is 0 Å². The summed E-state index contributed by atoms with van der Waals surface area (Å²) in [6, 6.07) is 2.72. The molecule has 0 saturated carbocycles. The largest absolute Gasteiger partial charge is 0.416 e. The Kier molecular flexibility index (Phi) is 7.20. The van der Waals surface area contributed by atoms with Crippen LogP contribution in [0, 0.1) is 0 Å². The summed E-state index contributed by atoms with van der Waals surface area (Å²) in [7, 11) is 0. The Morgan fingerprint density at radius 2 is 1.97 bits per heavy atom. The van der Waals surface area contributed by atoms with Gasteiger partial charge in [0.1, 0.15) is 19.0 Å². The number of hydrogen-bond donors (Lipinski definition) is 2. The second-order valence-electron chi connectivity index (χ2n) is 8.94. The third-order valence-corrected chi connectivity index (χ3v) is 6.80. The van der Waals surface area contributed by atoms with Crippen LogP contribution < -0.4 is 26.0 Å². The average Bonchev–Trinajstić information content (AvgIpc) is 3.57. The van der Waals surface area contributed by atoms with Crippen LogP contribution in [-0.4, -0.2) is 71.1 Å². The Morgan fingerprint density at radius 3 is 2.61 bits per heavy atom. The first-order valence-corrected chi connectivity index (χ1v) is 12.5. The Morgan fingerprint density at radius 1 is 1.21 bits per heavy atom. The van der Waals surface area contributed by atoms with Gasteiger partial charge in [-0.05, 0) is 24.6 Å². The topological polar surface area (TPSA) is 109 Å². The number of alkyl halides is 3. The molecule has 38 heavy (non-hydrogen) atoms. The molecule has 4 heterocycles. The highest BCUT2D eigenvalue weighted by atomic mass is 35.5. The number of anilines is 3. The van der Waals surface area contributed by atoms with Gasteiger partial charge in [0.15, 0.2) is 0 Å². The number of piperazine rings is 1. The molecule has 0 atom stereocenters. The van der Waals surface area contributed by atoms with Gasteiger partial charge in [-0.15, -0.1) is 5.10 Å². The van der Waals surface area contributed by atoms with Gasteiger partial charge in [-0.2, -0.15) is 22.7 Å². The van der Waals surface area contributed by atoms with E-state index >= 15 is 0 Å². The zero-order valence-electron chi connectivity index (χ0n) is 20.5. The number of hydrogen-bond acceptors (Lipinski definition) is 8. The Balaban J connectivity index is 1.55. The van der Waals surface area contributed by atoms with E-state index in [-0.39, 0.29) is 35.3 Å². The number of nitrogens with zero attached hydrogens (tertiary/aromatic N) is 6. The monoisotopic (exact) mass is 554 g/mol. The molecule has 2 fully saturated rings. The highest BCUT2D eigenvalue weighted by Gasteiger charge is 2.31. The molecule has 11 nitrogen and oxygen atoms in total. The Labute approximate surface area is 220 Å². The summed E-state index contributed by atoms with van der Waals surface area (Å²) in [5.74, 6) is -0.0624. The standard InChI is InChI=1S/C23H26ClF3N8O3/c1-2-17-19(32-7-5-28-6-8-32)20(37)35-22(30-21(31-35)33-9-10-38-13-33)34(17)12-18(36)29-16-4-3-14(11-15(16)24)23(25,26)27/h3-4,11,28H,2,5-10,12-13H2,1H3,(H,29,36). The third-order valence-electron chi connectivity index (χ3n) is 6.49. The van der Waals surface area contributed by atoms with Gasteiger partial charge in [-0.1, -0.05) is 18.5 Å². The number of carbonyl (C=O) groups excluding carboxylic acids is 1. The second kappa shape index (κ2) is 10.4. The van der Waals surface area contributed by atoms with Gasteiger partial charge in [0.2, 0.25) is 17.6 Å². The Bertz CT molecular complexity index is 1410. The fourth-order valence-corrected chi connectivity index (χ4v) is 4.87. The lowest BCUT2D eigenvalue weighted by atomic mass is 10.2. The van der Waals surface area contributed by atoms with Crippen molar-refractivity contribution in [1.29, 1.82) is 0 Å². The minimum absolute atomic E-state index is 0.0403. The van der Waals surface area contributed by atoms with E-state index in [1.54, 1.807) is 9.47 Å². The molecule has 0 bridgehead atoms. The summed E-state index contributed by atoms with van der Waals surface area (Å²) < 4.78 is 47.2. The van der Waals surface area contributed by atoms with E-state index in [1.807, 2.05) is 11.8 Å². The molecule has 204 valence electrons. The van der Waals surface area contributed by atoms with Crippen LogP contribution in [0.25, 0.3) is 5.78 Å². The van der Waals surface area contributed by atoms with E-state index in [9.17, 15) is 22.8 Å². The predicted octanol–water partition coefficient (Wildman–Crippen LogP) is 1.97. The lowest BCUT2D eigenvalue weighted by Crippen LogP contribution is -2.47. The molecular formula is C23H26ClF3N8O3. The van der Waals surface area contributed by atoms with Crippen LogP contribution in [0.4, 0.5) is 30.5 Å². The number of halogens is 4. The van der Waals surface area contributed by atoms with Crippen molar-refractivity contribution in [2.75, 3.05) is 61.2 Å². The van der Waals surface area contributed by atoms with Gasteiger partial charge in [-0.25, -0.2) is 0 Å². The van der Waals surface area contributed by atoms with Crippen molar-refractivity contribution in [1.82, 2.24) is 24.5 Å². The number of aromatic nitrogens is 4. The van der Waals surface area contributed by atoms with Crippen LogP contribution in [0.15, 0.2) is 23.0 Å². The average molecular weight is 555 g/mol. The molecule has 3 aromatic rings. The van der Waals surface area contributed by atoms with Crippen LogP contribution in [-0.2, 0) is 28.7 Å². The van der Waals surface area contributed by atoms with Gasteiger partial charge in [0.05, 0.1) is 28.6 Å². The molecule has 2 aliphatic heterocycles. The molecule has 0 aliphatic carbocycles. The summed E-state index contributed by atoms with van der Waals surface area (Å²) in [4.78, 5) is 35.1. The maximum atomic E-state index is 13.6. The van der Waals surface area contributed by atoms with E-state index in [4.69, 9.17) is 16.3 Å². The first-order valence-electron chi connectivity index (χ1n) is 12.1. The van der Waals surface area contributed by atoms with Crippen molar-refractivity contribution in [3.63, 3.8) is 0 Å². The molecule has 2 aromatic heterocycles. The van der Waals surface area contributed by atoms with Gasteiger partial charge < -0.3 is 29.7 Å². The predicted molar refractivity (Wildman–Crippen MR) is 135 cm³/mol. The number of benzene rings is 1. The van der Waals surface area contributed by atoms with Crippen LogP contribution in [0.1, 0.15) is 18.2 Å². The van der Waals surface area contributed by atoms with E-state index < -0.39 is 17.6 Å². The van der Waals surface area contributed by atoms with Gasteiger partial charge in [-0.3, -0.25) is 9.59 Å². The minimum atomic E-state index is -4.56. The molecule has 1 amide bonds. The molecule has 2 aliphatic rings. The second-order valence-corrected chi connectivity index (χ2v) is 9.35. The molecule has 0 spiro atoms. The van der Waals surface area contributed by atoms with Crippen molar-refractivity contribution in [2.24, 2.45) is 0 Å². The summed E-state index contributed by atoms with van der Waals surface area (Å²) in [6.07, 6.45) is -4.13. The van der Waals surface area contributed by atoms with Crippen molar-refractivity contribution in [2.45, 2.75) is 26.1 Å². The normalized spacial score (nSPS) is 16.4. The van der Waals surface area contributed by atoms with Crippen LogP contribution in [0.3, 0.4) is 0 Å². The number of amides is 1. The van der Waals surface area contributed by atoms with Crippen molar-refractivity contribution in [3.05, 3.63) is 44.8 Å². The third kappa shape index (κ3) is 5.02. The Hall–Kier alpha value is -3.36. The van der Waals surface area contributed by atoms with Gasteiger partial charge in [0, 0.05) is 32.7 Å². The van der Waals surface area contributed by atoms with Crippen molar-refractivity contribution < 1.29 is 22.7 Å². The van der Waals surface area contributed by atoms with E-state index in [2.05, 4.69) is 20.7 Å². The fraction of sp³-hybridized carbons (Fsp3) is 0.478. The van der Waals surface area contributed by atoms with Crippen LogP contribution in [0.2, 0.25) is 5.02 Å². The zero-order valence-corrected chi connectivity index (χ0v) is 21.3. The van der Waals surface area contributed by atoms with Crippen LogP contribution >= 0.6 is 11.6 Å². The first-order chi connectivity index (χ1) is 18.2. The van der Waals surface area contributed by atoms with Crippen molar-refractivity contribution >= 4 is 40.6 Å². The highest BCUT2D eigenvalue weighted by molar-refractivity contribution is 6.33. The molecular weight excluding hydrogens is 529 g/mol. The zero-order chi connectivity index (χ0) is 27.0. The number of fused-ring (bicyclic) bond motifs is 1. The smallest absolute Gasteiger partial charge is 0.363 e. The molecule has 15 heteroatoms. The maximum Gasteiger partial charge on any atom is 0.416 e. The van der Waals surface area contributed by atoms with Gasteiger partial charge in [0.25, 0.3) is 5.56 Å². The lowest BCUT2D eigenvalue weighted by Gasteiger charge is -2.31. The SMILES string of the molecule is CCc1c(N2CCNCC2)c(=O)n2nc(N3CCOC3)nc2n1CC(=O)Nc1ccc(C(F)(F)F)cc1Cl. The quantitative estimate of drug-likeness (QED) is 0.476. The minimum Gasteiger partial charge on any atom is -0.363 e. The lowest BCUT2D eigenvalue weighted by molar-refractivity contribution is -0.137. The summed E-state index contributed by atoms with van der Waals surface area (Å²) >= 11 is 6.04. The number of ether oxygens (including phenoxy) is 1. The number of carbonyl (C=O) groups is 1. The maximum absolute atomic E-state index is 13.6. The summed E-state index contributed by atoms with van der Waals surface area (Å²) in [6.45, 7) is 5.55. The number of rotatable bonds is 6. The van der Waals surface area contributed by atoms with E-state index in [1.165, 1.54) is 4.52 Å². The van der Waals surface area contributed by atoms with Gasteiger partial charge >= 0.3 is 6.18 Å². The molecule has 0 radical (unpaired) electrons. The molecule has 0 unspecified atom stereocenters. The van der Waals surface area contributed by atoms with Crippen LogP contribution in [0.5, 0.6) is 0 Å². The first kappa shape index (κ1) is 26.3.